The number of rotatable bonds is 3. The first-order valence-electron chi connectivity index (χ1n) is 6.21. The van der Waals surface area contributed by atoms with Gasteiger partial charge in [0.2, 0.25) is 0 Å². The van der Waals surface area contributed by atoms with Crippen molar-refractivity contribution in [2.24, 2.45) is 0 Å². The molecule has 0 aromatic carbocycles. The second-order valence-corrected chi connectivity index (χ2v) is 7.96. The van der Waals surface area contributed by atoms with Gasteiger partial charge < -0.3 is 4.42 Å². The average Bonchev–Trinajstić information content (AvgIpc) is 2.97. The van der Waals surface area contributed by atoms with Crippen molar-refractivity contribution in [2.75, 3.05) is 0 Å². The molecule has 4 nitrogen and oxygen atoms in total. The van der Waals surface area contributed by atoms with Crippen molar-refractivity contribution in [1.29, 1.82) is 0 Å². The van der Waals surface area contributed by atoms with E-state index in [0.29, 0.717) is 4.21 Å². The Bertz CT molecular complexity index is 684. The summed E-state index contributed by atoms with van der Waals surface area (Å²) in [6.07, 6.45) is 4.28. The highest BCUT2D eigenvalue weighted by Crippen LogP contribution is 2.32. The van der Waals surface area contributed by atoms with Crippen molar-refractivity contribution in [3.63, 3.8) is 0 Å². The average molecular weight is 297 g/mol. The summed E-state index contributed by atoms with van der Waals surface area (Å²) < 4.78 is 33.2. The molecular formula is C13H15NO3S2. The maximum absolute atomic E-state index is 12.3. The van der Waals surface area contributed by atoms with Crippen LogP contribution >= 0.6 is 11.3 Å². The minimum absolute atomic E-state index is 0.171. The van der Waals surface area contributed by atoms with E-state index in [2.05, 4.69) is 4.72 Å². The fourth-order valence-corrected chi connectivity index (χ4v) is 4.96. The Kier molecular flexibility index (Phi) is 3.24. The third-order valence-electron chi connectivity index (χ3n) is 3.33. The summed E-state index contributed by atoms with van der Waals surface area (Å²) >= 11 is 1.29. The Morgan fingerprint density at radius 3 is 2.95 bits per heavy atom. The number of aryl methyl sites for hydroxylation is 2. The lowest BCUT2D eigenvalue weighted by Crippen LogP contribution is -2.30. The van der Waals surface area contributed by atoms with Crippen LogP contribution in [-0.2, 0) is 16.4 Å². The summed E-state index contributed by atoms with van der Waals surface area (Å²) in [6, 6.07) is 5.17. The van der Waals surface area contributed by atoms with Crippen molar-refractivity contribution in [2.45, 2.75) is 36.4 Å². The van der Waals surface area contributed by atoms with Crippen LogP contribution in [0.1, 0.15) is 35.1 Å². The summed E-state index contributed by atoms with van der Waals surface area (Å²) in [6.45, 7) is 1.90. The third kappa shape index (κ3) is 2.48. The van der Waals surface area contributed by atoms with E-state index in [1.54, 1.807) is 12.3 Å². The van der Waals surface area contributed by atoms with Gasteiger partial charge in [0, 0.05) is 16.9 Å². The zero-order valence-corrected chi connectivity index (χ0v) is 12.2. The van der Waals surface area contributed by atoms with Gasteiger partial charge in [0.05, 0.1) is 12.3 Å². The van der Waals surface area contributed by atoms with Crippen LogP contribution in [0.5, 0.6) is 0 Å². The number of fused-ring (bicyclic) bond motifs is 1. The van der Waals surface area contributed by atoms with Crippen LogP contribution in [0.15, 0.2) is 33.1 Å². The maximum atomic E-state index is 12.3. The van der Waals surface area contributed by atoms with E-state index in [1.807, 2.05) is 19.1 Å². The molecule has 1 aliphatic carbocycles. The first-order valence-corrected chi connectivity index (χ1v) is 8.51. The summed E-state index contributed by atoms with van der Waals surface area (Å²) in [5.74, 6) is 0.904. The van der Waals surface area contributed by atoms with Crippen LogP contribution < -0.4 is 4.72 Å². The third-order valence-corrected chi connectivity index (χ3v) is 6.29. The molecule has 0 amide bonds. The summed E-state index contributed by atoms with van der Waals surface area (Å²) in [5.41, 5.74) is 0.975. The fourth-order valence-electron chi connectivity index (χ4n) is 2.41. The van der Waals surface area contributed by atoms with E-state index in [1.165, 1.54) is 11.3 Å². The van der Waals surface area contributed by atoms with Gasteiger partial charge in [-0.3, -0.25) is 0 Å². The molecule has 0 fully saturated rings. The molecule has 19 heavy (non-hydrogen) atoms. The monoisotopic (exact) mass is 297 g/mol. The topological polar surface area (TPSA) is 59.3 Å². The molecule has 0 bridgehead atoms. The van der Waals surface area contributed by atoms with Gasteiger partial charge in [-0.1, -0.05) is 0 Å². The Morgan fingerprint density at radius 1 is 1.37 bits per heavy atom. The molecule has 0 saturated heterocycles. The number of sulfonamides is 1. The molecule has 1 atom stereocenters. The quantitative estimate of drug-likeness (QED) is 0.947. The molecule has 1 N–H and O–H groups in total. The van der Waals surface area contributed by atoms with E-state index >= 15 is 0 Å². The Hall–Kier alpha value is -1.11. The highest BCUT2D eigenvalue weighted by molar-refractivity contribution is 7.91. The molecule has 0 radical (unpaired) electrons. The lowest BCUT2D eigenvalue weighted by Gasteiger charge is -2.22. The van der Waals surface area contributed by atoms with Gasteiger partial charge in [-0.05, 0) is 38.0 Å². The number of nitrogens with one attached hydrogen (secondary N) is 1. The van der Waals surface area contributed by atoms with Gasteiger partial charge in [0.15, 0.2) is 0 Å². The maximum Gasteiger partial charge on any atom is 0.250 e. The standard InChI is InChI=1S/C13H15NO3S2/c1-9-5-6-13(18-9)19(15,16)14-11-3-2-4-12-10(11)7-8-17-12/h5-8,11,14H,2-4H2,1H3/t11-/m1/s1. The zero-order valence-electron chi connectivity index (χ0n) is 10.5. The number of hydrogen-bond donors (Lipinski definition) is 1. The van der Waals surface area contributed by atoms with Crippen molar-refractivity contribution in [3.8, 4) is 0 Å². The van der Waals surface area contributed by atoms with Crippen LogP contribution in [0.3, 0.4) is 0 Å². The Balaban J connectivity index is 1.87. The first-order chi connectivity index (χ1) is 9.06. The molecule has 6 heteroatoms. The van der Waals surface area contributed by atoms with Crippen LogP contribution in [-0.4, -0.2) is 8.42 Å². The molecule has 2 heterocycles. The van der Waals surface area contributed by atoms with Gasteiger partial charge in [-0.15, -0.1) is 11.3 Å². The zero-order chi connectivity index (χ0) is 13.5. The number of hydrogen-bond acceptors (Lipinski definition) is 4. The lowest BCUT2D eigenvalue weighted by molar-refractivity contribution is 0.438. The minimum atomic E-state index is -3.43. The number of thiophene rings is 1. The predicted octanol–water partition coefficient (Wildman–Crippen LogP) is 3.01. The van der Waals surface area contributed by atoms with Gasteiger partial charge in [-0.2, -0.15) is 0 Å². The normalized spacial score (nSPS) is 19.3. The van der Waals surface area contributed by atoms with Crippen molar-refractivity contribution in [3.05, 3.63) is 40.7 Å². The molecule has 102 valence electrons. The lowest BCUT2D eigenvalue weighted by atomic mass is 9.94. The van der Waals surface area contributed by atoms with E-state index in [4.69, 9.17) is 4.42 Å². The van der Waals surface area contributed by atoms with Crippen LogP contribution in [0.2, 0.25) is 0 Å². The van der Waals surface area contributed by atoms with E-state index in [0.717, 1.165) is 35.5 Å². The highest BCUT2D eigenvalue weighted by Gasteiger charge is 2.28. The van der Waals surface area contributed by atoms with Crippen molar-refractivity contribution >= 4 is 21.4 Å². The van der Waals surface area contributed by atoms with E-state index in [-0.39, 0.29) is 6.04 Å². The van der Waals surface area contributed by atoms with Gasteiger partial charge in [0.1, 0.15) is 9.97 Å². The van der Waals surface area contributed by atoms with Crippen LogP contribution in [0, 0.1) is 6.92 Å². The molecular weight excluding hydrogens is 282 g/mol. The Labute approximate surface area is 116 Å². The van der Waals surface area contributed by atoms with Crippen molar-refractivity contribution in [1.82, 2.24) is 4.72 Å². The van der Waals surface area contributed by atoms with Crippen LogP contribution in [0.4, 0.5) is 0 Å². The Morgan fingerprint density at radius 2 is 2.21 bits per heavy atom. The van der Waals surface area contributed by atoms with E-state index < -0.39 is 10.0 Å². The highest BCUT2D eigenvalue weighted by atomic mass is 32.2. The van der Waals surface area contributed by atoms with Gasteiger partial charge >= 0.3 is 0 Å². The molecule has 0 spiro atoms. The summed E-state index contributed by atoms with van der Waals surface area (Å²) in [4.78, 5) is 0.994. The molecule has 0 unspecified atom stereocenters. The van der Waals surface area contributed by atoms with Gasteiger partial charge in [-0.25, -0.2) is 13.1 Å². The summed E-state index contributed by atoms with van der Waals surface area (Å²) in [7, 11) is -3.43. The first kappa shape index (κ1) is 12.9. The second kappa shape index (κ2) is 4.77. The van der Waals surface area contributed by atoms with Gasteiger partial charge in [0.25, 0.3) is 10.0 Å². The van der Waals surface area contributed by atoms with E-state index in [9.17, 15) is 8.42 Å². The molecule has 2 aromatic heterocycles. The molecule has 0 saturated carbocycles. The molecule has 3 rings (SSSR count). The second-order valence-electron chi connectivity index (χ2n) is 4.73. The molecule has 0 aliphatic heterocycles. The summed E-state index contributed by atoms with van der Waals surface area (Å²) in [5, 5.41) is 0. The largest absolute Gasteiger partial charge is 0.469 e. The van der Waals surface area contributed by atoms with Crippen molar-refractivity contribution < 1.29 is 12.8 Å². The molecule has 2 aromatic rings. The van der Waals surface area contributed by atoms with Crippen LogP contribution in [0.25, 0.3) is 0 Å². The minimum Gasteiger partial charge on any atom is -0.469 e. The SMILES string of the molecule is Cc1ccc(S(=O)(=O)N[C@@H]2CCCc3occc32)s1. The fraction of sp³-hybridized carbons (Fsp3) is 0.385. The molecule has 1 aliphatic rings. The number of furan rings is 1. The predicted molar refractivity (Wildman–Crippen MR) is 73.8 cm³/mol. The smallest absolute Gasteiger partial charge is 0.250 e.